The zero-order valence-electron chi connectivity index (χ0n) is 11.1. The molecule has 4 heteroatoms. The van der Waals surface area contributed by atoms with Crippen molar-refractivity contribution in [1.82, 2.24) is 10.2 Å². The molecule has 2 fully saturated rings. The summed E-state index contributed by atoms with van der Waals surface area (Å²) in [5.41, 5.74) is 0. The monoisotopic (exact) mass is 256 g/mol. The Balaban J connectivity index is 1.86. The molecule has 0 aliphatic carbocycles. The van der Waals surface area contributed by atoms with E-state index >= 15 is 0 Å². The smallest absolute Gasteiger partial charge is 0.227 e. The lowest BCUT2D eigenvalue weighted by atomic mass is 9.88. The zero-order valence-corrected chi connectivity index (χ0v) is 11.9. The molecule has 98 valence electrons. The Bertz CT molecular complexity index is 285. The topological polar surface area (TPSA) is 32.3 Å². The van der Waals surface area contributed by atoms with Gasteiger partial charge in [0.05, 0.1) is 5.92 Å². The van der Waals surface area contributed by atoms with Crippen molar-refractivity contribution in [2.45, 2.75) is 50.7 Å². The number of carbonyl (C=O) groups is 1. The number of hydrogen-bond donors (Lipinski definition) is 1. The van der Waals surface area contributed by atoms with Crippen LogP contribution in [0, 0.1) is 5.92 Å². The van der Waals surface area contributed by atoms with E-state index in [-0.39, 0.29) is 5.92 Å². The summed E-state index contributed by atoms with van der Waals surface area (Å²) in [5, 5.41) is 3.54. The Morgan fingerprint density at radius 2 is 2.29 bits per heavy atom. The first-order valence-corrected chi connectivity index (χ1v) is 8.04. The average molecular weight is 256 g/mol. The van der Waals surface area contributed by atoms with Crippen LogP contribution in [-0.2, 0) is 4.79 Å². The summed E-state index contributed by atoms with van der Waals surface area (Å²) in [5.74, 6) is 1.74. The predicted octanol–water partition coefficient (Wildman–Crippen LogP) is 1.73. The first-order chi connectivity index (χ1) is 8.13. The highest BCUT2D eigenvalue weighted by molar-refractivity contribution is 7.98. The Kier molecular flexibility index (Phi) is 4.36. The third-order valence-corrected chi connectivity index (χ3v) is 5.01. The lowest BCUT2D eigenvalue weighted by Crippen LogP contribution is -2.43. The van der Waals surface area contributed by atoms with Gasteiger partial charge in [-0.25, -0.2) is 0 Å². The summed E-state index contributed by atoms with van der Waals surface area (Å²) in [4.78, 5) is 14.4. The van der Waals surface area contributed by atoms with Crippen LogP contribution in [0.3, 0.4) is 0 Å². The van der Waals surface area contributed by atoms with Gasteiger partial charge in [0, 0.05) is 25.2 Å². The minimum Gasteiger partial charge on any atom is -0.343 e. The van der Waals surface area contributed by atoms with Crippen LogP contribution in [0.4, 0.5) is 0 Å². The minimum absolute atomic E-state index is 0.246. The lowest BCUT2D eigenvalue weighted by Gasteiger charge is -2.30. The van der Waals surface area contributed by atoms with E-state index in [0.717, 1.165) is 18.6 Å². The second kappa shape index (κ2) is 5.61. The third-order valence-electron chi connectivity index (χ3n) is 4.37. The van der Waals surface area contributed by atoms with E-state index in [1.807, 2.05) is 23.7 Å². The number of hydrogen-bond acceptors (Lipinski definition) is 3. The standard InChI is InChI=1S/C13H24N2OS/c1-9(6-7-17-3)15(2)13(16)11-8-10-4-5-12(11)14-10/h9-12,14H,4-8H2,1-3H3. The fraction of sp³-hybridized carbons (Fsp3) is 0.923. The molecule has 4 unspecified atom stereocenters. The average Bonchev–Trinajstić information content (AvgIpc) is 2.96. The number of nitrogens with zero attached hydrogens (tertiary/aromatic N) is 1. The highest BCUT2D eigenvalue weighted by Gasteiger charge is 2.43. The second-order valence-corrected chi connectivity index (χ2v) is 6.45. The summed E-state index contributed by atoms with van der Waals surface area (Å²) < 4.78 is 0. The van der Waals surface area contributed by atoms with Crippen molar-refractivity contribution >= 4 is 17.7 Å². The van der Waals surface area contributed by atoms with Gasteiger partial charge in [-0.2, -0.15) is 11.8 Å². The normalized spacial score (nSPS) is 32.8. The molecule has 17 heavy (non-hydrogen) atoms. The van der Waals surface area contributed by atoms with Gasteiger partial charge in [0.15, 0.2) is 0 Å². The molecule has 4 atom stereocenters. The second-order valence-electron chi connectivity index (χ2n) is 5.47. The zero-order chi connectivity index (χ0) is 12.4. The van der Waals surface area contributed by atoms with Crippen molar-refractivity contribution in [3.63, 3.8) is 0 Å². The van der Waals surface area contributed by atoms with E-state index in [1.54, 1.807) is 0 Å². The Hall–Kier alpha value is -0.220. The van der Waals surface area contributed by atoms with Gasteiger partial charge < -0.3 is 10.2 Å². The first kappa shape index (κ1) is 13.2. The molecule has 0 saturated carbocycles. The molecule has 2 heterocycles. The van der Waals surface area contributed by atoms with Gasteiger partial charge >= 0.3 is 0 Å². The van der Waals surface area contributed by atoms with Crippen LogP contribution in [0.2, 0.25) is 0 Å². The van der Waals surface area contributed by atoms with Crippen molar-refractivity contribution in [1.29, 1.82) is 0 Å². The molecule has 0 aromatic heterocycles. The maximum atomic E-state index is 12.4. The molecule has 3 nitrogen and oxygen atoms in total. The van der Waals surface area contributed by atoms with E-state index in [9.17, 15) is 4.79 Å². The van der Waals surface area contributed by atoms with Crippen molar-refractivity contribution < 1.29 is 4.79 Å². The van der Waals surface area contributed by atoms with Gasteiger partial charge in [0.2, 0.25) is 5.91 Å². The Labute approximate surface area is 109 Å². The number of carbonyl (C=O) groups excluding carboxylic acids is 1. The highest BCUT2D eigenvalue weighted by Crippen LogP contribution is 2.34. The van der Waals surface area contributed by atoms with E-state index in [0.29, 0.717) is 24.0 Å². The molecule has 2 rings (SSSR count). The van der Waals surface area contributed by atoms with Gasteiger partial charge in [0.1, 0.15) is 0 Å². The molecule has 0 aromatic rings. The largest absolute Gasteiger partial charge is 0.343 e. The van der Waals surface area contributed by atoms with Gasteiger partial charge in [0.25, 0.3) is 0 Å². The summed E-state index contributed by atoms with van der Waals surface area (Å²) in [7, 11) is 1.97. The highest BCUT2D eigenvalue weighted by atomic mass is 32.2. The van der Waals surface area contributed by atoms with Crippen LogP contribution in [0.15, 0.2) is 0 Å². The Morgan fingerprint density at radius 3 is 2.82 bits per heavy atom. The van der Waals surface area contributed by atoms with Crippen LogP contribution >= 0.6 is 11.8 Å². The number of nitrogens with one attached hydrogen (secondary N) is 1. The molecule has 1 N–H and O–H groups in total. The summed E-state index contributed by atoms with van der Waals surface area (Å²) in [6.07, 6.45) is 6.73. The molecular weight excluding hydrogens is 232 g/mol. The van der Waals surface area contributed by atoms with Crippen LogP contribution in [0.1, 0.15) is 32.6 Å². The molecule has 2 saturated heterocycles. The van der Waals surface area contributed by atoms with Gasteiger partial charge in [-0.3, -0.25) is 4.79 Å². The van der Waals surface area contributed by atoms with Crippen molar-refractivity contribution in [2.24, 2.45) is 5.92 Å². The molecule has 0 aromatic carbocycles. The number of rotatable bonds is 5. The van der Waals surface area contributed by atoms with E-state index in [1.165, 1.54) is 12.8 Å². The SMILES string of the molecule is CSCCC(C)N(C)C(=O)C1CC2CCC1N2. The predicted molar refractivity (Wildman–Crippen MR) is 73.3 cm³/mol. The van der Waals surface area contributed by atoms with Crippen molar-refractivity contribution in [2.75, 3.05) is 19.1 Å². The molecule has 2 aliphatic heterocycles. The molecule has 0 radical (unpaired) electrons. The van der Waals surface area contributed by atoms with Gasteiger partial charge in [-0.1, -0.05) is 0 Å². The molecule has 1 amide bonds. The van der Waals surface area contributed by atoms with Crippen LogP contribution in [0.25, 0.3) is 0 Å². The quantitative estimate of drug-likeness (QED) is 0.813. The third kappa shape index (κ3) is 2.79. The fourth-order valence-electron chi connectivity index (χ4n) is 3.06. The number of thioether (sulfide) groups is 1. The summed E-state index contributed by atoms with van der Waals surface area (Å²) >= 11 is 1.85. The van der Waals surface area contributed by atoms with Gasteiger partial charge in [-0.15, -0.1) is 0 Å². The summed E-state index contributed by atoms with van der Waals surface area (Å²) in [6, 6.07) is 1.45. The van der Waals surface area contributed by atoms with Crippen LogP contribution < -0.4 is 5.32 Å². The van der Waals surface area contributed by atoms with Crippen LogP contribution in [-0.4, -0.2) is 48.0 Å². The van der Waals surface area contributed by atoms with E-state index in [2.05, 4.69) is 18.5 Å². The maximum absolute atomic E-state index is 12.4. The first-order valence-electron chi connectivity index (χ1n) is 6.65. The van der Waals surface area contributed by atoms with E-state index in [4.69, 9.17) is 0 Å². The summed E-state index contributed by atoms with van der Waals surface area (Å²) in [6.45, 7) is 2.16. The molecule has 2 aliphatic rings. The fourth-order valence-corrected chi connectivity index (χ4v) is 3.63. The molecule has 2 bridgehead atoms. The Morgan fingerprint density at radius 1 is 1.53 bits per heavy atom. The maximum Gasteiger partial charge on any atom is 0.227 e. The number of amides is 1. The molecular formula is C13H24N2OS. The van der Waals surface area contributed by atoms with Crippen molar-refractivity contribution in [3.05, 3.63) is 0 Å². The van der Waals surface area contributed by atoms with E-state index < -0.39 is 0 Å². The minimum atomic E-state index is 0.246. The molecule has 0 spiro atoms. The number of fused-ring (bicyclic) bond motifs is 2. The van der Waals surface area contributed by atoms with Crippen LogP contribution in [0.5, 0.6) is 0 Å². The lowest BCUT2D eigenvalue weighted by molar-refractivity contribution is -0.136. The van der Waals surface area contributed by atoms with Gasteiger partial charge in [-0.05, 0) is 44.6 Å². The van der Waals surface area contributed by atoms with Crippen molar-refractivity contribution in [3.8, 4) is 0 Å².